The molecule has 1 N–H and O–H groups in total. The molecule has 2 rings (SSSR count). The predicted octanol–water partition coefficient (Wildman–Crippen LogP) is 1.89. The summed E-state index contributed by atoms with van der Waals surface area (Å²) in [4.78, 5) is 22.9. The SMILES string of the molecule is CCOC(=O)C=C1NC(C)(C)CC12C=CC(=O)C=C2. The molecule has 0 aromatic rings. The van der Waals surface area contributed by atoms with Crippen LogP contribution in [-0.4, -0.2) is 23.9 Å². The second kappa shape index (κ2) is 4.68. The van der Waals surface area contributed by atoms with Gasteiger partial charge in [0.05, 0.1) is 6.61 Å². The lowest BCUT2D eigenvalue weighted by atomic mass is 9.77. The Labute approximate surface area is 113 Å². The minimum atomic E-state index is -0.399. The van der Waals surface area contributed by atoms with Crippen LogP contribution in [-0.2, 0) is 14.3 Å². The fraction of sp³-hybridized carbons (Fsp3) is 0.467. The Bertz CT molecular complexity index is 482. The summed E-state index contributed by atoms with van der Waals surface area (Å²) < 4.78 is 4.96. The molecule has 0 unspecified atom stereocenters. The molecular weight excluding hydrogens is 242 g/mol. The molecule has 0 bridgehead atoms. The number of ketones is 1. The van der Waals surface area contributed by atoms with Crippen LogP contribution in [0, 0.1) is 5.41 Å². The van der Waals surface area contributed by atoms with Crippen LogP contribution < -0.4 is 5.32 Å². The van der Waals surface area contributed by atoms with Gasteiger partial charge in [-0.3, -0.25) is 4.79 Å². The van der Waals surface area contributed by atoms with Gasteiger partial charge in [0.25, 0.3) is 0 Å². The van der Waals surface area contributed by atoms with Crippen molar-refractivity contribution in [3.05, 3.63) is 36.1 Å². The minimum Gasteiger partial charge on any atom is -0.463 e. The van der Waals surface area contributed by atoms with Gasteiger partial charge in [-0.1, -0.05) is 12.2 Å². The van der Waals surface area contributed by atoms with Crippen LogP contribution in [0.5, 0.6) is 0 Å². The van der Waals surface area contributed by atoms with Crippen LogP contribution >= 0.6 is 0 Å². The van der Waals surface area contributed by atoms with Crippen molar-refractivity contribution in [2.24, 2.45) is 5.41 Å². The van der Waals surface area contributed by atoms with Crippen molar-refractivity contribution in [3.8, 4) is 0 Å². The van der Waals surface area contributed by atoms with Gasteiger partial charge in [-0.05, 0) is 39.3 Å². The lowest BCUT2D eigenvalue weighted by Crippen LogP contribution is -2.31. The molecule has 0 atom stereocenters. The number of ether oxygens (including phenoxy) is 1. The van der Waals surface area contributed by atoms with Gasteiger partial charge in [0.2, 0.25) is 0 Å². The third-order valence-electron chi connectivity index (χ3n) is 3.35. The molecule has 0 aromatic heterocycles. The largest absolute Gasteiger partial charge is 0.463 e. The van der Waals surface area contributed by atoms with E-state index in [0.717, 1.165) is 12.1 Å². The number of nitrogens with one attached hydrogen (secondary N) is 1. The highest BCUT2D eigenvalue weighted by Gasteiger charge is 2.45. The maximum absolute atomic E-state index is 11.6. The average molecular weight is 261 g/mol. The fourth-order valence-corrected chi connectivity index (χ4v) is 2.69. The summed E-state index contributed by atoms with van der Waals surface area (Å²) in [6, 6.07) is 0. The van der Waals surface area contributed by atoms with Crippen LogP contribution in [0.3, 0.4) is 0 Å². The Morgan fingerprint density at radius 2 is 2.05 bits per heavy atom. The minimum absolute atomic E-state index is 0.0224. The van der Waals surface area contributed by atoms with Gasteiger partial charge in [-0.15, -0.1) is 0 Å². The predicted molar refractivity (Wildman–Crippen MR) is 72.3 cm³/mol. The first kappa shape index (κ1) is 13.6. The molecule has 1 aliphatic carbocycles. The van der Waals surface area contributed by atoms with Gasteiger partial charge in [0.1, 0.15) is 0 Å². The summed E-state index contributed by atoms with van der Waals surface area (Å²) in [7, 11) is 0. The number of carbonyl (C=O) groups is 2. The van der Waals surface area contributed by atoms with E-state index < -0.39 is 5.41 Å². The number of rotatable bonds is 2. The Kier molecular flexibility index (Phi) is 3.35. The van der Waals surface area contributed by atoms with Gasteiger partial charge in [0.15, 0.2) is 5.78 Å². The topological polar surface area (TPSA) is 55.4 Å². The molecule has 0 radical (unpaired) electrons. The highest BCUT2D eigenvalue weighted by molar-refractivity contribution is 6.00. The Hall–Kier alpha value is -1.84. The Morgan fingerprint density at radius 1 is 1.42 bits per heavy atom. The first-order valence-electron chi connectivity index (χ1n) is 6.46. The van der Waals surface area contributed by atoms with Crippen molar-refractivity contribution in [2.75, 3.05) is 6.61 Å². The summed E-state index contributed by atoms with van der Waals surface area (Å²) in [6.07, 6.45) is 9.13. The molecule has 1 fully saturated rings. The molecule has 19 heavy (non-hydrogen) atoms. The zero-order chi connectivity index (χ0) is 14.1. The van der Waals surface area contributed by atoms with E-state index in [9.17, 15) is 9.59 Å². The number of hydrogen-bond acceptors (Lipinski definition) is 4. The number of hydrogen-bond donors (Lipinski definition) is 1. The normalized spacial score (nSPS) is 24.8. The zero-order valence-electron chi connectivity index (χ0n) is 11.5. The number of carbonyl (C=O) groups excluding carboxylic acids is 2. The van der Waals surface area contributed by atoms with E-state index in [1.807, 2.05) is 12.2 Å². The van der Waals surface area contributed by atoms with E-state index in [4.69, 9.17) is 4.74 Å². The van der Waals surface area contributed by atoms with Crippen LogP contribution in [0.15, 0.2) is 36.1 Å². The molecule has 0 aromatic carbocycles. The number of esters is 1. The molecule has 1 aliphatic heterocycles. The Balaban J connectivity index is 2.35. The molecule has 102 valence electrons. The van der Waals surface area contributed by atoms with Crippen molar-refractivity contribution < 1.29 is 14.3 Å². The molecule has 1 spiro atoms. The monoisotopic (exact) mass is 261 g/mol. The molecule has 1 saturated heterocycles. The second-order valence-electron chi connectivity index (χ2n) is 5.61. The van der Waals surface area contributed by atoms with Gasteiger partial charge in [-0.2, -0.15) is 0 Å². The quantitative estimate of drug-likeness (QED) is 0.609. The van der Waals surface area contributed by atoms with Crippen molar-refractivity contribution in [2.45, 2.75) is 32.7 Å². The van der Waals surface area contributed by atoms with Crippen molar-refractivity contribution in [3.63, 3.8) is 0 Å². The summed E-state index contributed by atoms with van der Waals surface area (Å²) in [5.74, 6) is -0.383. The van der Waals surface area contributed by atoms with Crippen LogP contribution in [0.4, 0.5) is 0 Å². The van der Waals surface area contributed by atoms with Crippen LogP contribution in [0.2, 0.25) is 0 Å². The summed E-state index contributed by atoms with van der Waals surface area (Å²) in [5.41, 5.74) is 0.258. The fourth-order valence-electron chi connectivity index (χ4n) is 2.69. The van der Waals surface area contributed by atoms with Crippen LogP contribution in [0.1, 0.15) is 27.2 Å². The Morgan fingerprint density at radius 3 is 2.63 bits per heavy atom. The standard InChI is InChI=1S/C15H19NO3/c1-4-19-13(18)9-12-15(10-14(2,3)16-12)7-5-11(17)6-8-15/h5-9,16H,4,10H2,1-3H3. The van der Waals surface area contributed by atoms with Gasteiger partial charge in [-0.25, -0.2) is 4.79 Å². The zero-order valence-corrected chi connectivity index (χ0v) is 11.5. The third kappa shape index (κ3) is 2.78. The lowest BCUT2D eigenvalue weighted by molar-refractivity contribution is -0.137. The van der Waals surface area contributed by atoms with Crippen molar-refractivity contribution in [1.82, 2.24) is 5.32 Å². The first-order chi connectivity index (χ1) is 8.87. The van der Waals surface area contributed by atoms with Crippen molar-refractivity contribution >= 4 is 11.8 Å². The summed E-state index contributed by atoms with van der Waals surface area (Å²) in [6.45, 7) is 6.26. The number of allylic oxidation sites excluding steroid dienone is 3. The third-order valence-corrected chi connectivity index (χ3v) is 3.35. The van der Waals surface area contributed by atoms with E-state index in [1.165, 1.54) is 6.08 Å². The maximum atomic E-state index is 11.6. The van der Waals surface area contributed by atoms with E-state index >= 15 is 0 Å². The summed E-state index contributed by atoms with van der Waals surface area (Å²) in [5, 5.41) is 3.34. The van der Waals surface area contributed by atoms with Gasteiger partial charge >= 0.3 is 5.97 Å². The summed E-state index contributed by atoms with van der Waals surface area (Å²) >= 11 is 0. The molecule has 4 nitrogen and oxygen atoms in total. The average Bonchev–Trinajstić information content (AvgIpc) is 2.55. The smallest absolute Gasteiger partial charge is 0.332 e. The molecule has 4 heteroatoms. The van der Waals surface area contributed by atoms with E-state index in [1.54, 1.807) is 19.1 Å². The first-order valence-corrected chi connectivity index (χ1v) is 6.46. The lowest BCUT2D eigenvalue weighted by Gasteiger charge is -2.24. The highest BCUT2D eigenvalue weighted by Crippen LogP contribution is 2.45. The highest BCUT2D eigenvalue weighted by atomic mass is 16.5. The van der Waals surface area contributed by atoms with E-state index in [0.29, 0.717) is 6.61 Å². The van der Waals surface area contributed by atoms with E-state index in [-0.39, 0.29) is 17.3 Å². The second-order valence-corrected chi connectivity index (χ2v) is 5.61. The van der Waals surface area contributed by atoms with Gasteiger partial charge in [0, 0.05) is 22.7 Å². The molecular formula is C15H19NO3. The molecule has 0 amide bonds. The van der Waals surface area contributed by atoms with Crippen molar-refractivity contribution in [1.29, 1.82) is 0 Å². The maximum Gasteiger partial charge on any atom is 0.332 e. The van der Waals surface area contributed by atoms with Gasteiger partial charge < -0.3 is 10.1 Å². The molecule has 2 aliphatic rings. The van der Waals surface area contributed by atoms with E-state index in [2.05, 4.69) is 19.2 Å². The molecule has 1 heterocycles. The van der Waals surface area contributed by atoms with Crippen LogP contribution in [0.25, 0.3) is 0 Å². The molecule has 0 saturated carbocycles.